The number of carbonyl (C=O) groups is 1. The molecule has 1 aromatic heterocycles. The first-order valence-corrected chi connectivity index (χ1v) is 13.0. The number of nitrogens with one attached hydrogen (secondary N) is 1. The summed E-state index contributed by atoms with van der Waals surface area (Å²) >= 11 is 0. The lowest BCUT2D eigenvalue weighted by atomic mass is 9.96. The SMILES string of the molecule is C=C(F)/C(=C\C=C\S(C)(=O)=O)Nc1ncnc(OCC23CCN(C(=O)OC(C)C)CC2C3)c1C. The van der Waals surface area contributed by atoms with Gasteiger partial charge in [-0.2, -0.15) is 0 Å². The molecule has 1 amide bonds. The van der Waals surface area contributed by atoms with E-state index in [1.54, 1.807) is 11.8 Å². The van der Waals surface area contributed by atoms with Gasteiger partial charge >= 0.3 is 6.09 Å². The summed E-state index contributed by atoms with van der Waals surface area (Å²) < 4.78 is 47.7. The summed E-state index contributed by atoms with van der Waals surface area (Å²) in [6.45, 7) is 10.4. The molecular weight excluding hydrogens is 463 g/mol. The molecule has 1 aromatic rings. The molecule has 1 aliphatic heterocycles. The number of ether oxygens (including phenoxy) is 2. The maximum Gasteiger partial charge on any atom is 0.410 e. The maximum absolute atomic E-state index is 13.9. The fraction of sp³-hybridized carbons (Fsp3) is 0.522. The van der Waals surface area contributed by atoms with Crippen molar-refractivity contribution in [1.82, 2.24) is 14.9 Å². The molecule has 2 aliphatic rings. The molecule has 186 valence electrons. The van der Waals surface area contributed by atoms with E-state index >= 15 is 0 Å². The van der Waals surface area contributed by atoms with E-state index in [2.05, 4.69) is 21.9 Å². The molecule has 11 heteroatoms. The van der Waals surface area contributed by atoms with Crippen LogP contribution >= 0.6 is 0 Å². The normalized spacial score (nSPS) is 22.5. The summed E-state index contributed by atoms with van der Waals surface area (Å²) in [6.07, 6.45) is 6.19. The van der Waals surface area contributed by atoms with Gasteiger partial charge in [-0.25, -0.2) is 27.6 Å². The van der Waals surface area contributed by atoms with Crippen LogP contribution in [-0.4, -0.2) is 61.4 Å². The average molecular weight is 495 g/mol. The Labute approximate surface area is 199 Å². The van der Waals surface area contributed by atoms with E-state index in [4.69, 9.17) is 9.47 Å². The van der Waals surface area contributed by atoms with Crippen molar-refractivity contribution < 1.29 is 27.1 Å². The maximum atomic E-state index is 13.9. The minimum atomic E-state index is -3.35. The molecule has 0 aromatic carbocycles. The summed E-state index contributed by atoms with van der Waals surface area (Å²) in [5.74, 6) is 0.265. The van der Waals surface area contributed by atoms with Crippen molar-refractivity contribution in [2.75, 3.05) is 31.3 Å². The zero-order chi connectivity index (χ0) is 25.1. The minimum absolute atomic E-state index is 0.00825. The Morgan fingerprint density at radius 1 is 1.44 bits per heavy atom. The fourth-order valence-corrected chi connectivity index (χ4v) is 4.29. The summed E-state index contributed by atoms with van der Waals surface area (Å²) in [6, 6.07) is 0. The lowest BCUT2D eigenvalue weighted by molar-refractivity contribution is 0.0586. The molecule has 2 heterocycles. The molecule has 1 N–H and O–H groups in total. The van der Waals surface area contributed by atoms with E-state index in [1.807, 2.05) is 13.8 Å². The smallest absolute Gasteiger partial charge is 0.410 e. The highest BCUT2D eigenvalue weighted by Gasteiger charge is 2.58. The van der Waals surface area contributed by atoms with Crippen LogP contribution in [0, 0.1) is 18.3 Å². The number of nitrogens with zero attached hydrogens (tertiary/aromatic N) is 3. The Balaban J connectivity index is 1.63. The van der Waals surface area contributed by atoms with Crippen LogP contribution in [0.1, 0.15) is 32.3 Å². The van der Waals surface area contributed by atoms with Crippen LogP contribution in [0.15, 0.2) is 42.0 Å². The van der Waals surface area contributed by atoms with Gasteiger partial charge in [0, 0.05) is 30.2 Å². The molecule has 3 rings (SSSR count). The van der Waals surface area contributed by atoms with Crippen molar-refractivity contribution in [2.24, 2.45) is 11.3 Å². The first kappa shape index (κ1) is 25.7. The molecule has 2 unspecified atom stereocenters. The third kappa shape index (κ3) is 6.55. The van der Waals surface area contributed by atoms with Gasteiger partial charge in [0.15, 0.2) is 9.84 Å². The number of sulfone groups is 1. The van der Waals surface area contributed by atoms with Crippen molar-refractivity contribution in [3.05, 3.63) is 47.6 Å². The molecule has 34 heavy (non-hydrogen) atoms. The second kappa shape index (κ2) is 10.1. The van der Waals surface area contributed by atoms with Crippen LogP contribution in [0.3, 0.4) is 0 Å². The molecule has 0 spiro atoms. The first-order valence-electron chi connectivity index (χ1n) is 11.0. The lowest BCUT2D eigenvalue weighted by Crippen LogP contribution is -2.41. The lowest BCUT2D eigenvalue weighted by Gasteiger charge is -2.31. The first-order chi connectivity index (χ1) is 15.9. The average Bonchev–Trinajstić information content (AvgIpc) is 3.45. The van der Waals surface area contributed by atoms with E-state index in [0.29, 0.717) is 42.9 Å². The molecule has 1 saturated carbocycles. The van der Waals surface area contributed by atoms with Gasteiger partial charge in [-0.3, -0.25) is 0 Å². The number of carbonyl (C=O) groups excluding carboxylic acids is 1. The van der Waals surface area contributed by atoms with Crippen molar-refractivity contribution in [2.45, 2.75) is 39.7 Å². The molecule has 0 radical (unpaired) electrons. The third-order valence-electron chi connectivity index (χ3n) is 5.94. The molecule has 1 aliphatic carbocycles. The van der Waals surface area contributed by atoms with Crippen LogP contribution in [-0.2, 0) is 14.6 Å². The summed E-state index contributed by atoms with van der Waals surface area (Å²) in [5, 5.41) is 3.77. The third-order valence-corrected chi connectivity index (χ3v) is 6.59. The highest BCUT2D eigenvalue weighted by Crippen LogP contribution is 2.58. The Kier molecular flexibility index (Phi) is 7.64. The van der Waals surface area contributed by atoms with Crippen LogP contribution in [0.4, 0.5) is 15.0 Å². The van der Waals surface area contributed by atoms with Gasteiger partial charge < -0.3 is 19.7 Å². The highest BCUT2D eigenvalue weighted by atomic mass is 32.2. The number of amides is 1. The topological polar surface area (TPSA) is 111 Å². The van der Waals surface area contributed by atoms with Gasteiger partial charge in [0.1, 0.15) is 18.0 Å². The predicted octanol–water partition coefficient (Wildman–Crippen LogP) is 3.76. The quantitative estimate of drug-likeness (QED) is 0.517. The zero-order valence-corrected chi connectivity index (χ0v) is 20.7. The minimum Gasteiger partial charge on any atom is -0.477 e. The summed E-state index contributed by atoms with van der Waals surface area (Å²) in [5.41, 5.74) is 0.552. The van der Waals surface area contributed by atoms with Gasteiger partial charge in [-0.05, 0) is 51.7 Å². The van der Waals surface area contributed by atoms with Gasteiger partial charge in [0.05, 0.1) is 24.0 Å². The molecule has 9 nitrogen and oxygen atoms in total. The Morgan fingerprint density at radius 3 is 2.79 bits per heavy atom. The van der Waals surface area contributed by atoms with Crippen molar-refractivity contribution in [3.63, 3.8) is 0 Å². The van der Waals surface area contributed by atoms with Crippen molar-refractivity contribution >= 4 is 21.7 Å². The van der Waals surface area contributed by atoms with Gasteiger partial charge in [0.25, 0.3) is 0 Å². The van der Waals surface area contributed by atoms with E-state index in [9.17, 15) is 17.6 Å². The van der Waals surface area contributed by atoms with Crippen LogP contribution in [0.25, 0.3) is 0 Å². The Hall–Kier alpha value is -2.95. The van der Waals surface area contributed by atoms with Crippen molar-refractivity contribution in [3.8, 4) is 5.88 Å². The number of aromatic nitrogens is 2. The van der Waals surface area contributed by atoms with Crippen molar-refractivity contribution in [1.29, 1.82) is 0 Å². The van der Waals surface area contributed by atoms with Crippen LogP contribution < -0.4 is 10.1 Å². The number of anilines is 1. The van der Waals surface area contributed by atoms with E-state index in [1.165, 1.54) is 18.5 Å². The zero-order valence-electron chi connectivity index (χ0n) is 19.9. The molecule has 2 fully saturated rings. The van der Waals surface area contributed by atoms with Gasteiger partial charge in [0.2, 0.25) is 5.88 Å². The standard InChI is InChI=1S/C23H31FN4O5S/c1-15(2)33-22(29)28-9-8-23(11-18(23)12-28)13-32-21-16(3)20(25-14-26-21)27-19(17(4)24)7-6-10-34(5,30)31/h6-7,10,14-15,18H,4,8-9,11-13H2,1-3,5H3,(H,25,26,27)/b10-6+,19-7+. The van der Waals surface area contributed by atoms with E-state index in [0.717, 1.165) is 24.5 Å². The highest BCUT2D eigenvalue weighted by molar-refractivity contribution is 7.93. The largest absolute Gasteiger partial charge is 0.477 e. The predicted molar refractivity (Wildman–Crippen MR) is 127 cm³/mol. The number of hydrogen-bond donors (Lipinski definition) is 1. The number of hydrogen-bond acceptors (Lipinski definition) is 8. The number of halogens is 1. The number of allylic oxidation sites excluding steroid dienone is 3. The van der Waals surface area contributed by atoms with E-state index < -0.39 is 15.7 Å². The molecule has 0 bridgehead atoms. The molecule has 2 atom stereocenters. The number of fused-ring (bicyclic) bond motifs is 1. The molecule has 1 saturated heterocycles. The number of likely N-dealkylation sites (tertiary alicyclic amines) is 1. The second-order valence-corrected chi connectivity index (χ2v) is 11.0. The number of piperidine rings is 1. The molecular formula is C23H31FN4O5S. The van der Waals surface area contributed by atoms with Crippen LogP contribution in [0.2, 0.25) is 0 Å². The summed E-state index contributed by atoms with van der Waals surface area (Å²) in [7, 11) is -3.35. The Bertz CT molecular complexity index is 1120. The van der Waals surface area contributed by atoms with E-state index in [-0.39, 0.29) is 23.3 Å². The van der Waals surface area contributed by atoms with Gasteiger partial charge in [-0.1, -0.05) is 6.58 Å². The Morgan fingerprint density at radius 2 is 2.18 bits per heavy atom. The second-order valence-electron chi connectivity index (χ2n) is 9.10. The fourth-order valence-electron chi connectivity index (χ4n) is 3.93. The monoisotopic (exact) mass is 494 g/mol. The summed E-state index contributed by atoms with van der Waals surface area (Å²) in [4.78, 5) is 22.3. The van der Waals surface area contributed by atoms with Crippen LogP contribution in [0.5, 0.6) is 5.88 Å². The number of rotatable bonds is 9. The van der Waals surface area contributed by atoms with Gasteiger partial charge in [-0.15, -0.1) is 0 Å².